The Labute approximate surface area is 195 Å². The third-order valence-corrected chi connectivity index (χ3v) is 6.46. The lowest BCUT2D eigenvalue weighted by Gasteiger charge is -2.36. The van der Waals surface area contributed by atoms with Crippen molar-refractivity contribution < 1.29 is 9.53 Å². The fraction of sp³-hybridized carbons (Fsp3) is 0.500. The second-order valence-corrected chi connectivity index (χ2v) is 10.6. The minimum absolute atomic E-state index is 0.261. The number of ether oxygens (including phenoxy) is 1. The van der Waals surface area contributed by atoms with E-state index < -0.39 is 5.60 Å². The Morgan fingerprint density at radius 3 is 2.43 bits per heavy atom. The first kappa shape index (κ1) is 23.0. The van der Waals surface area contributed by atoms with E-state index in [1.54, 1.807) is 16.7 Å². The van der Waals surface area contributed by atoms with E-state index in [1.807, 2.05) is 43.8 Å². The summed E-state index contributed by atoms with van der Waals surface area (Å²) in [6, 6.07) is 8.16. The largest absolute Gasteiger partial charge is 0.444 e. The number of rotatable bonds is 4. The molecule has 1 saturated heterocycles. The van der Waals surface area contributed by atoms with E-state index in [2.05, 4.69) is 43.3 Å². The third-order valence-electron chi connectivity index (χ3n) is 4.38. The van der Waals surface area contributed by atoms with Gasteiger partial charge in [-0.1, -0.05) is 57.3 Å². The van der Waals surface area contributed by atoms with Gasteiger partial charge in [-0.3, -0.25) is 0 Å². The van der Waals surface area contributed by atoms with Gasteiger partial charge in [0.2, 0.25) is 0 Å². The number of amides is 1. The number of nitrogens with zero attached hydrogens (tertiary/aromatic N) is 5. The number of thiocarbonyl (C=S) groups is 1. The lowest BCUT2D eigenvalue weighted by Crippen LogP contribution is -2.50. The number of halogens is 1. The Hall–Kier alpha value is -1.65. The molecule has 30 heavy (non-hydrogen) atoms. The molecule has 1 aliphatic heterocycles. The molecule has 1 aromatic heterocycles. The van der Waals surface area contributed by atoms with E-state index >= 15 is 0 Å². The molecule has 10 heteroatoms. The summed E-state index contributed by atoms with van der Waals surface area (Å²) in [5.74, 6) is 0.672. The number of thioether (sulfide) groups is 1. The fourth-order valence-electron chi connectivity index (χ4n) is 2.88. The molecule has 2 aromatic rings. The van der Waals surface area contributed by atoms with E-state index in [1.165, 1.54) is 5.56 Å². The second kappa shape index (κ2) is 10.1. The van der Waals surface area contributed by atoms with Gasteiger partial charge in [-0.25, -0.2) is 9.48 Å². The molecular formula is C20H26BrN5O2S2. The van der Waals surface area contributed by atoms with Crippen molar-refractivity contribution >= 4 is 50.3 Å². The van der Waals surface area contributed by atoms with Crippen LogP contribution in [-0.4, -0.2) is 67.0 Å². The molecule has 7 nitrogen and oxygen atoms in total. The zero-order valence-corrected chi connectivity index (χ0v) is 20.6. The number of benzene rings is 1. The van der Waals surface area contributed by atoms with Gasteiger partial charge in [0.05, 0.1) is 12.2 Å². The van der Waals surface area contributed by atoms with Crippen LogP contribution in [0.25, 0.3) is 0 Å². The maximum absolute atomic E-state index is 12.2. The Kier molecular flexibility index (Phi) is 7.75. The van der Waals surface area contributed by atoms with Crippen LogP contribution < -0.4 is 0 Å². The highest BCUT2D eigenvalue weighted by molar-refractivity contribution is 9.10. The number of piperazine rings is 1. The summed E-state index contributed by atoms with van der Waals surface area (Å²) in [5.41, 5.74) is 1.58. The summed E-state index contributed by atoms with van der Waals surface area (Å²) in [7, 11) is 0. The first-order valence-electron chi connectivity index (χ1n) is 9.73. The summed E-state index contributed by atoms with van der Waals surface area (Å²) in [6.45, 7) is 8.95. The van der Waals surface area contributed by atoms with E-state index in [0.717, 1.165) is 14.5 Å². The van der Waals surface area contributed by atoms with Gasteiger partial charge in [0.15, 0.2) is 0 Å². The van der Waals surface area contributed by atoms with E-state index in [-0.39, 0.29) is 6.09 Å². The topological polar surface area (TPSA) is 63.5 Å². The number of aromatic nitrogens is 3. The van der Waals surface area contributed by atoms with Crippen molar-refractivity contribution in [2.75, 3.05) is 26.2 Å². The predicted molar refractivity (Wildman–Crippen MR) is 127 cm³/mol. The predicted octanol–water partition coefficient (Wildman–Crippen LogP) is 4.16. The molecule has 0 saturated carbocycles. The molecule has 1 fully saturated rings. The summed E-state index contributed by atoms with van der Waals surface area (Å²) in [4.78, 5) is 16.0. The van der Waals surface area contributed by atoms with Gasteiger partial charge in [-0.05, 0) is 38.5 Å². The van der Waals surface area contributed by atoms with Crippen LogP contribution in [0.1, 0.15) is 32.0 Å². The van der Waals surface area contributed by atoms with Gasteiger partial charge in [-0.2, -0.15) is 0 Å². The van der Waals surface area contributed by atoms with Crippen LogP contribution in [0.5, 0.6) is 0 Å². The molecule has 1 aromatic carbocycles. The molecule has 2 heterocycles. The molecule has 0 aliphatic carbocycles. The number of hydrogen-bond donors (Lipinski definition) is 0. The Bertz CT molecular complexity index is 874. The minimum Gasteiger partial charge on any atom is -0.444 e. The Balaban J connectivity index is 1.42. The first-order valence-corrected chi connectivity index (χ1v) is 11.9. The number of carbonyl (C=O) groups is 1. The van der Waals surface area contributed by atoms with Crippen molar-refractivity contribution in [3.05, 3.63) is 46.2 Å². The molecule has 3 rings (SSSR count). The maximum atomic E-state index is 12.2. The van der Waals surface area contributed by atoms with Crippen LogP contribution in [0.4, 0.5) is 4.79 Å². The Morgan fingerprint density at radius 1 is 1.17 bits per heavy atom. The molecule has 1 aliphatic rings. The van der Waals surface area contributed by atoms with Gasteiger partial charge in [0.25, 0.3) is 0 Å². The molecule has 0 N–H and O–H groups in total. The van der Waals surface area contributed by atoms with Gasteiger partial charge < -0.3 is 14.5 Å². The van der Waals surface area contributed by atoms with Gasteiger partial charge in [0, 0.05) is 42.6 Å². The summed E-state index contributed by atoms with van der Waals surface area (Å²) in [6.07, 6.45) is 1.70. The van der Waals surface area contributed by atoms with Crippen molar-refractivity contribution in [3.8, 4) is 0 Å². The quantitative estimate of drug-likeness (QED) is 0.570. The van der Waals surface area contributed by atoms with Crippen molar-refractivity contribution in [3.63, 3.8) is 0 Å². The minimum atomic E-state index is -0.478. The smallest absolute Gasteiger partial charge is 0.410 e. The molecule has 0 spiro atoms. The lowest BCUT2D eigenvalue weighted by atomic mass is 10.2. The average Bonchev–Trinajstić information content (AvgIpc) is 3.14. The first-order chi connectivity index (χ1) is 14.2. The SMILES string of the molecule is CC(C)(C)OC(=O)N1CCN(C(=S)SCc2cn(Cc3ccc(Br)cc3)nn2)CC1. The molecule has 0 atom stereocenters. The zero-order valence-electron chi connectivity index (χ0n) is 17.4. The molecule has 0 bridgehead atoms. The molecule has 1 amide bonds. The number of hydrogen-bond acceptors (Lipinski definition) is 6. The van der Waals surface area contributed by atoms with Crippen LogP contribution in [0.2, 0.25) is 0 Å². The Morgan fingerprint density at radius 2 is 1.80 bits per heavy atom. The van der Waals surface area contributed by atoms with Gasteiger partial charge >= 0.3 is 6.09 Å². The summed E-state index contributed by atoms with van der Waals surface area (Å²) in [5, 5.41) is 8.46. The average molecular weight is 512 g/mol. The van der Waals surface area contributed by atoms with Gasteiger partial charge in [0.1, 0.15) is 9.92 Å². The van der Waals surface area contributed by atoms with Crippen LogP contribution in [-0.2, 0) is 17.0 Å². The van der Waals surface area contributed by atoms with E-state index in [9.17, 15) is 4.79 Å². The monoisotopic (exact) mass is 511 g/mol. The van der Waals surface area contributed by atoms with Crippen molar-refractivity contribution in [2.45, 2.75) is 38.7 Å². The highest BCUT2D eigenvalue weighted by Crippen LogP contribution is 2.18. The van der Waals surface area contributed by atoms with Crippen LogP contribution in [0.3, 0.4) is 0 Å². The van der Waals surface area contributed by atoms with Crippen molar-refractivity contribution in [1.82, 2.24) is 24.8 Å². The summed E-state index contributed by atoms with van der Waals surface area (Å²) < 4.78 is 9.15. The molecule has 0 unspecified atom stereocenters. The van der Waals surface area contributed by atoms with E-state index in [4.69, 9.17) is 17.0 Å². The standard InChI is InChI=1S/C20H26BrN5O2S2/c1-20(2,3)28-18(27)24-8-10-25(11-9-24)19(29)30-14-17-13-26(23-22-17)12-15-4-6-16(21)7-5-15/h4-7,13H,8-12,14H2,1-3H3. The summed E-state index contributed by atoms with van der Waals surface area (Å²) >= 11 is 10.6. The van der Waals surface area contributed by atoms with Crippen LogP contribution >= 0.6 is 39.9 Å². The lowest BCUT2D eigenvalue weighted by molar-refractivity contribution is 0.0189. The van der Waals surface area contributed by atoms with Gasteiger partial charge in [-0.15, -0.1) is 5.10 Å². The highest BCUT2D eigenvalue weighted by atomic mass is 79.9. The normalized spacial score (nSPS) is 14.7. The highest BCUT2D eigenvalue weighted by Gasteiger charge is 2.26. The fourth-order valence-corrected chi connectivity index (χ4v) is 4.28. The van der Waals surface area contributed by atoms with Crippen LogP contribution in [0, 0.1) is 0 Å². The number of carbonyl (C=O) groups excluding carboxylic acids is 1. The van der Waals surface area contributed by atoms with E-state index in [0.29, 0.717) is 38.5 Å². The maximum Gasteiger partial charge on any atom is 0.410 e. The molecule has 0 radical (unpaired) electrons. The van der Waals surface area contributed by atoms with Crippen LogP contribution in [0.15, 0.2) is 34.9 Å². The molecule has 162 valence electrons. The molecular weight excluding hydrogens is 486 g/mol. The second-order valence-electron chi connectivity index (χ2n) is 8.04. The van der Waals surface area contributed by atoms with Crippen molar-refractivity contribution in [1.29, 1.82) is 0 Å². The zero-order chi connectivity index (χ0) is 21.7. The van der Waals surface area contributed by atoms with Crippen molar-refractivity contribution in [2.24, 2.45) is 0 Å². The third kappa shape index (κ3) is 6.95.